The van der Waals surface area contributed by atoms with Crippen LogP contribution >= 0.6 is 0 Å². The molecule has 0 saturated heterocycles. The third-order valence-corrected chi connectivity index (χ3v) is 4.27. The van der Waals surface area contributed by atoms with Gasteiger partial charge in [-0.15, -0.1) is 0 Å². The molecule has 4 nitrogen and oxygen atoms in total. The van der Waals surface area contributed by atoms with Gasteiger partial charge in [0.25, 0.3) is 0 Å². The number of fused-ring (bicyclic) bond motifs is 1. The Hall–Kier alpha value is -1.81. The van der Waals surface area contributed by atoms with Gasteiger partial charge in [0, 0.05) is 25.0 Å². The van der Waals surface area contributed by atoms with Crippen molar-refractivity contribution in [3.05, 3.63) is 42.0 Å². The van der Waals surface area contributed by atoms with Crippen LogP contribution in [0.1, 0.15) is 30.7 Å². The summed E-state index contributed by atoms with van der Waals surface area (Å²) >= 11 is 0. The lowest BCUT2D eigenvalue weighted by molar-refractivity contribution is -0.122. The standard InChI is InChI=1S/C17H21NO3/c19-11-12-5-6-14(9-12)18-17(20)10-13-7-8-21-16-4-2-1-3-15(13)16/h1-6,12-14,19H,7-11H2,(H,18,20)/t12-,13?,14+/m0/s1. The first-order valence-electron chi connectivity index (χ1n) is 7.56. The van der Waals surface area contributed by atoms with E-state index < -0.39 is 0 Å². The Morgan fingerprint density at radius 1 is 1.33 bits per heavy atom. The third-order valence-electron chi connectivity index (χ3n) is 4.27. The van der Waals surface area contributed by atoms with Gasteiger partial charge in [-0.25, -0.2) is 0 Å². The number of hydrogen-bond acceptors (Lipinski definition) is 3. The van der Waals surface area contributed by atoms with Crippen molar-refractivity contribution in [2.75, 3.05) is 13.2 Å². The minimum absolute atomic E-state index is 0.0599. The fraction of sp³-hybridized carbons (Fsp3) is 0.471. The first-order valence-corrected chi connectivity index (χ1v) is 7.56. The van der Waals surface area contributed by atoms with Crippen LogP contribution in [-0.4, -0.2) is 30.3 Å². The number of hydrogen-bond donors (Lipinski definition) is 2. The second-order valence-electron chi connectivity index (χ2n) is 5.81. The van der Waals surface area contributed by atoms with E-state index in [2.05, 4.69) is 5.32 Å². The Morgan fingerprint density at radius 3 is 3.00 bits per heavy atom. The van der Waals surface area contributed by atoms with E-state index >= 15 is 0 Å². The van der Waals surface area contributed by atoms with Gasteiger partial charge in [0.1, 0.15) is 5.75 Å². The Morgan fingerprint density at radius 2 is 2.19 bits per heavy atom. The van der Waals surface area contributed by atoms with Crippen LogP contribution in [0.5, 0.6) is 5.75 Å². The van der Waals surface area contributed by atoms with Crippen molar-refractivity contribution < 1.29 is 14.6 Å². The molecule has 1 aromatic rings. The molecule has 0 bridgehead atoms. The van der Waals surface area contributed by atoms with Crippen LogP contribution in [0.15, 0.2) is 36.4 Å². The Balaban J connectivity index is 1.58. The molecule has 3 rings (SSSR count). The molecule has 1 aliphatic heterocycles. The monoisotopic (exact) mass is 287 g/mol. The molecule has 3 atom stereocenters. The average Bonchev–Trinajstić information content (AvgIpc) is 2.95. The van der Waals surface area contributed by atoms with E-state index in [1.807, 2.05) is 36.4 Å². The van der Waals surface area contributed by atoms with E-state index in [0.717, 1.165) is 24.2 Å². The SMILES string of the molecule is O=C(CC1CCOc2ccccc21)N[C@@H]1C=C[C@H](CO)C1. The number of nitrogens with one attached hydrogen (secondary N) is 1. The van der Waals surface area contributed by atoms with Crippen LogP contribution in [-0.2, 0) is 4.79 Å². The molecule has 0 spiro atoms. The molecule has 0 fully saturated rings. The summed E-state index contributed by atoms with van der Waals surface area (Å²) in [6.45, 7) is 0.821. The number of carbonyl (C=O) groups excluding carboxylic acids is 1. The molecule has 0 radical (unpaired) electrons. The van der Waals surface area contributed by atoms with Crippen molar-refractivity contribution in [3.63, 3.8) is 0 Å². The average molecular weight is 287 g/mol. The minimum atomic E-state index is 0.0599. The highest BCUT2D eigenvalue weighted by Crippen LogP contribution is 2.35. The van der Waals surface area contributed by atoms with Gasteiger partial charge in [0.05, 0.1) is 6.61 Å². The van der Waals surface area contributed by atoms with Crippen molar-refractivity contribution in [1.82, 2.24) is 5.32 Å². The predicted molar refractivity (Wildman–Crippen MR) is 80.2 cm³/mol. The summed E-state index contributed by atoms with van der Waals surface area (Å²) in [4.78, 5) is 12.2. The third kappa shape index (κ3) is 3.27. The fourth-order valence-electron chi connectivity index (χ4n) is 3.13. The van der Waals surface area contributed by atoms with Crippen molar-refractivity contribution in [3.8, 4) is 5.75 Å². The van der Waals surface area contributed by atoms with E-state index in [9.17, 15) is 4.79 Å². The molecule has 1 aromatic carbocycles. The molecular weight excluding hydrogens is 266 g/mol. The lowest BCUT2D eigenvalue weighted by Crippen LogP contribution is -2.34. The lowest BCUT2D eigenvalue weighted by Gasteiger charge is -2.25. The molecular formula is C17H21NO3. The van der Waals surface area contributed by atoms with Gasteiger partial charge in [-0.2, -0.15) is 0 Å². The highest BCUT2D eigenvalue weighted by molar-refractivity contribution is 5.77. The number of ether oxygens (including phenoxy) is 1. The topological polar surface area (TPSA) is 58.6 Å². The van der Waals surface area contributed by atoms with Gasteiger partial charge < -0.3 is 15.2 Å². The maximum absolute atomic E-state index is 12.2. The first-order chi connectivity index (χ1) is 10.3. The molecule has 1 aliphatic carbocycles. The van der Waals surface area contributed by atoms with Crippen molar-refractivity contribution in [2.24, 2.45) is 5.92 Å². The second kappa shape index (κ2) is 6.31. The van der Waals surface area contributed by atoms with Gasteiger partial charge in [0.2, 0.25) is 5.91 Å². The smallest absolute Gasteiger partial charge is 0.221 e. The summed E-state index contributed by atoms with van der Waals surface area (Å²) in [5.41, 5.74) is 1.13. The number of carbonyl (C=O) groups is 1. The van der Waals surface area contributed by atoms with E-state index in [1.54, 1.807) is 0 Å². The van der Waals surface area contributed by atoms with Crippen molar-refractivity contribution in [2.45, 2.75) is 31.2 Å². The second-order valence-corrected chi connectivity index (χ2v) is 5.81. The Kier molecular flexibility index (Phi) is 4.25. The summed E-state index contributed by atoms with van der Waals surface area (Å²) in [6.07, 6.45) is 6.14. The molecule has 2 N–H and O–H groups in total. The van der Waals surface area contributed by atoms with Gasteiger partial charge in [0.15, 0.2) is 0 Å². The van der Waals surface area contributed by atoms with E-state index in [1.165, 1.54) is 0 Å². The number of aliphatic hydroxyl groups is 1. The zero-order valence-corrected chi connectivity index (χ0v) is 12.0. The molecule has 0 aromatic heterocycles. The molecule has 4 heteroatoms. The van der Waals surface area contributed by atoms with Gasteiger partial charge >= 0.3 is 0 Å². The van der Waals surface area contributed by atoms with Gasteiger partial charge in [-0.1, -0.05) is 30.4 Å². The molecule has 1 amide bonds. The molecule has 21 heavy (non-hydrogen) atoms. The highest BCUT2D eigenvalue weighted by Gasteiger charge is 2.25. The Bertz CT molecular complexity index is 541. The van der Waals surface area contributed by atoms with Crippen LogP contribution in [0.2, 0.25) is 0 Å². The maximum Gasteiger partial charge on any atom is 0.221 e. The van der Waals surface area contributed by atoms with Crippen molar-refractivity contribution >= 4 is 5.91 Å². The largest absolute Gasteiger partial charge is 0.493 e. The van der Waals surface area contributed by atoms with Gasteiger partial charge in [-0.05, 0) is 30.4 Å². The highest BCUT2D eigenvalue weighted by atomic mass is 16.5. The van der Waals surface area contributed by atoms with Crippen molar-refractivity contribution in [1.29, 1.82) is 0 Å². The quantitative estimate of drug-likeness (QED) is 0.833. The summed E-state index contributed by atoms with van der Waals surface area (Å²) in [5, 5.41) is 12.2. The summed E-state index contributed by atoms with van der Waals surface area (Å²) in [5.74, 6) is 1.39. The molecule has 1 heterocycles. The first kappa shape index (κ1) is 14.1. The number of rotatable bonds is 4. The summed E-state index contributed by atoms with van der Waals surface area (Å²) in [7, 11) is 0. The maximum atomic E-state index is 12.2. The summed E-state index contributed by atoms with van der Waals surface area (Å²) in [6, 6.07) is 8.02. The molecule has 1 unspecified atom stereocenters. The van der Waals surface area contributed by atoms with Crippen LogP contribution in [0.3, 0.4) is 0 Å². The molecule has 2 aliphatic rings. The number of para-hydroxylation sites is 1. The zero-order chi connectivity index (χ0) is 14.7. The number of aliphatic hydroxyl groups excluding tert-OH is 1. The van der Waals surface area contributed by atoms with Crippen LogP contribution < -0.4 is 10.1 Å². The summed E-state index contributed by atoms with van der Waals surface area (Å²) < 4.78 is 5.63. The fourth-order valence-corrected chi connectivity index (χ4v) is 3.13. The van der Waals surface area contributed by atoms with Crippen LogP contribution in [0.4, 0.5) is 0 Å². The van der Waals surface area contributed by atoms with E-state index in [4.69, 9.17) is 9.84 Å². The van der Waals surface area contributed by atoms with Gasteiger partial charge in [-0.3, -0.25) is 4.79 Å². The normalized spacial score (nSPS) is 27.0. The Labute approximate surface area is 124 Å². The molecule has 0 saturated carbocycles. The lowest BCUT2D eigenvalue weighted by atomic mass is 9.90. The van der Waals surface area contributed by atoms with E-state index in [0.29, 0.717) is 13.0 Å². The van der Waals surface area contributed by atoms with E-state index in [-0.39, 0.29) is 30.4 Å². The minimum Gasteiger partial charge on any atom is -0.493 e. The number of benzene rings is 1. The van der Waals surface area contributed by atoms with Crippen LogP contribution in [0, 0.1) is 5.92 Å². The zero-order valence-electron chi connectivity index (χ0n) is 12.0. The van der Waals surface area contributed by atoms with Crippen LogP contribution in [0.25, 0.3) is 0 Å². The predicted octanol–water partition coefficient (Wildman–Crippen LogP) is 2.00. The number of amides is 1. The molecule has 112 valence electrons.